The van der Waals surface area contributed by atoms with Crippen LogP contribution in [0.5, 0.6) is 0 Å². The van der Waals surface area contributed by atoms with E-state index in [1.165, 1.54) is 15.9 Å². The van der Waals surface area contributed by atoms with Crippen LogP contribution in [0, 0.1) is 0 Å². The molecule has 0 aliphatic rings. The van der Waals surface area contributed by atoms with Crippen molar-refractivity contribution < 1.29 is 37.8 Å². The SMILES string of the molecule is F[B-](F)(F)F.[Au][PH](c1ccccc1)(c1ccccc1)c1ccccc1. The van der Waals surface area contributed by atoms with Crippen LogP contribution in [0.3, 0.4) is 0 Å². The van der Waals surface area contributed by atoms with Gasteiger partial charge in [0.1, 0.15) is 0 Å². The molecule has 0 bridgehead atoms. The van der Waals surface area contributed by atoms with Crippen LogP contribution in [-0.2, 0) is 20.5 Å². The van der Waals surface area contributed by atoms with Crippen molar-refractivity contribution in [1.82, 2.24) is 0 Å². The van der Waals surface area contributed by atoms with Crippen molar-refractivity contribution in [3.8, 4) is 0 Å². The van der Waals surface area contributed by atoms with Gasteiger partial charge in [0.25, 0.3) is 0 Å². The van der Waals surface area contributed by atoms with Crippen molar-refractivity contribution in [3.05, 3.63) is 91.0 Å². The van der Waals surface area contributed by atoms with Gasteiger partial charge in [-0.1, -0.05) is 0 Å². The Bertz CT molecular complexity index is 665. The molecule has 0 heterocycles. The van der Waals surface area contributed by atoms with Gasteiger partial charge in [-0.3, -0.25) is 0 Å². The van der Waals surface area contributed by atoms with E-state index in [9.17, 15) is 17.3 Å². The van der Waals surface area contributed by atoms with Crippen molar-refractivity contribution in [3.63, 3.8) is 0 Å². The minimum atomic E-state index is -6.00. The quantitative estimate of drug-likeness (QED) is 0.258. The summed E-state index contributed by atoms with van der Waals surface area (Å²) in [4.78, 5) is 0. The summed E-state index contributed by atoms with van der Waals surface area (Å²) in [6, 6.07) is 32.6. The van der Waals surface area contributed by atoms with E-state index < -0.39 is 12.4 Å². The van der Waals surface area contributed by atoms with E-state index in [2.05, 4.69) is 112 Å². The maximum absolute atomic E-state index is 9.75. The molecular weight excluding hydrogens is 531 g/mol. The van der Waals surface area contributed by atoms with Gasteiger partial charge in [-0.15, -0.1) is 0 Å². The molecule has 0 nitrogen and oxygen atoms in total. The van der Waals surface area contributed by atoms with Crippen molar-refractivity contribution in [2.45, 2.75) is 0 Å². The molecule has 0 aliphatic heterocycles. The normalized spacial score (nSPS) is 12.1. The maximum atomic E-state index is 9.75. The van der Waals surface area contributed by atoms with Crippen LogP contribution < -0.4 is 15.9 Å². The van der Waals surface area contributed by atoms with Crippen LogP contribution in [0.2, 0.25) is 0 Å². The van der Waals surface area contributed by atoms with Gasteiger partial charge in [-0.2, -0.15) is 0 Å². The van der Waals surface area contributed by atoms with E-state index >= 15 is 0 Å². The zero-order chi connectivity index (χ0) is 18.3. The van der Waals surface area contributed by atoms with Crippen LogP contribution in [0.1, 0.15) is 0 Å². The standard InChI is InChI=1S/C18H15P.Au.BF4/c1-4-10-16(11-5-1)19(17-12-6-2-7-13-17)18-14-8-3-9-15-18;;2-1(3,4)5/h1-15H;;/q;2*-1/p+1. The monoisotopic (exact) mass is 547 g/mol. The topological polar surface area (TPSA) is 0 Å². The van der Waals surface area contributed by atoms with Gasteiger partial charge in [0, 0.05) is 0 Å². The molecule has 0 N–H and O–H groups in total. The Morgan fingerprint density at radius 1 is 0.520 bits per heavy atom. The van der Waals surface area contributed by atoms with Crippen molar-refractivity contribution in [2.24, 2.45) is 0 Å². The molecule has 0 radical (unpaired) electrons. The molecule has 0 saturated carbocycles. The molecule has 0 fully saturated rings. The first-order valence-electron chi connectivity index (χ1n) is 7.51. The fourth-order valence-electron chi connectivity index (χ4n) is 2.47. The van der Waals surface area contributed by atoms with Crippen LogP contribution >= 0.6 is 5.15 Å². The van der Waals surface area contributed by atoms with Crippen LogP contribution in [0.25, 0.3) is 0 Å². The Kier molecular flexibility index (Phi) is 7.03. The van der Waals surface area contributed by atoms with Crippen molar-refractivity contribution >= 4 is 28.3 Å². The third-order valence-corrected chi connectivity index (χ3v) is 12.3. The molecule has 0 amide bonds. The first kappa shape index (κ1) is 19.9. The predicted molar refractivity (Wildman–Crippen MR) is 96.7 cm³/mol. The Morgan fingerprint density at radius 3 is 0.920 bits per heavy atom. The Morgan fingerprint density at radius 2 is 0.720 bits per heavy atom. The molecule has 0 saturated heterocycles. The summed E-state index contributed by atoms with van der Waals surface area (Å²) < 4.78 is 39.0. The van der Waals surface area contributed by atoms with Crippen molar-refractivity contribution in [2.75, 3.05) is 0 Å². The van der Waals surface area contributed by atoms with Gasteiger partial charge >= 0.3 is 140 Å². The summed E-state index contributed by atoms with van der Waals surface area (Å²) in [5.74, 6) is 0. The van der Waals surface area contributed by atoms with Gasteiger partial charge in [0.05, 0.1) is 0 Å². The van der Waals surface area contributed by atoms with E-state index in [1.807, 2.05) is 0 Å². The molecule has 0 spiro atoms. The molecular formula is C18H16AuBF4P-. The fraction of sp³-hybridized carbons (Fsp3) is 0. The number of rotatable bonds is 3. The Balaban J connectivity index is 0.000000399. The molecule has 0 aromatic heterocycles. The summed E-state index contributed by atoms with van der Waals surface area (Å²) in [5, 5.41) is 2.36. The zero-order valence-electron chi connectivity index (χ0n) is 13.1. The average Bonchev–Trinajstić information content (AvgIpc) is 2.62. The number of hydrogen-bond acceptors (Lipinski definition) is 0. The summed E-state index contributed by atoms with van der Waals surface area (Å²) in [6.45, 7) is 0. The van der Waals surface area contributed by atoms with Crippen LogP contribution in [0.4, 0.5) is 17.3 Å². The zero-order valence-corrected chi connectivity index (χ0v) is 16.2. The van der Waals surface area contributed by atoms with Gasteiger partial charge < -0.3 is 17.3 Å². The summed E-state index contributed by atoms with van der Waals surface area (Å²) in [7, 11) is -6.00. The third kappa shape index (κ3) is 5.83. The summed E-state index contributed by atoms with van der Waals surface area (Å²) in [6.07, 6.45) is 0. The summed E-state index contributed by atoms with van der Waals surface area (Å²) >= 11 is 2.94. The molecule has 0 unspecified atom stereocenters. The molecule has 3 aromatic rings. The third-order valence-electron chi connectivity index (χ3n) is 3.45. The second-order valence-corrected chi connectivity index (χ2v) is 13.0. The fourth-order valence-corrected chi connectivity index (χ4v) is 8.59. The molecule has 7 heteroatoms. The predicted octanol–water partition coefficient (Wildman–Crippen LogP) is 4.47. The molecule has 0 atom stereocenters. The van der Waals surface area contributed by atoms with E-state index in [4.69, 9.17) is 0 Å². The second kappa shape index (κ2) is 8.82. The van der Waals surface area contributed by atoms with Crippen molar-refractivity contribution in [1.29, 1.82) is 0 Å². The first-order valence-corrected chi connectivity index (χ1v) is 12.6. The second-order valence-electron chi connectivity index (χ2n) is 5.19. The van der Waals surface area contributed by atoms with Gasteiger partial charge in [-0.05, 0) is 0 Å². The van der Waals surface area contributed by atoms with E-state index in [0.29, 0.717) is 0 Å². The average molecular weight is 547 g/mol. The molecule has 136 valence electrons. The number of hydrogen-bond donors (Lipinski definition) is 0. The van der Waals surface area contributed by atoms with E-state index in [0.717, 1.165) is 0 Å². The molecule has 3 aromatic carbocycles. The number of halogens is 4. The van der Waals surface area contributed by atoms with Gasteiger partial charge in [0.2, 0.25) is 0 Å². The Labute approximate surface area is 157 Å². The summed E-state index contributed by atoms with van der Waals surface area (Å²) in [5.41, 5.74) is 0. The van der Waals surface area contributed by atoms with E-state index in [-0.39, 0.29) is 0 Å². The van der Waals surface area contributed by atoms with Crippen LogP contribution in [-0.4, -0.2) is 7.25 Å². The number of benzene rings is 3. The molecule has 3 rings (SSSR count). The minimum absolute atomic E-state index is 1.43. The van der Waals surface area contributed by atoms with Gasteiger partial charge in [-0.25, -0.2) is 0 Å². The van der Waals surface area contributed by atoms with Gasteiger partial charge in [0.15, 0.2) is 0 Å². The van der Waals surface area contributed by atoms with E-state index in [1.54, 1.807) is 0 Å². The molecule has 0 aliphatic carbocycles. The first-order chi connectivity index (χ1) is 11.8. The molecule has 25 heavy (non-hydrogen) atoms. The Hall–Kier alpha value is -1.38. The van der Waals surface area contributed by atoms with Crippen LogP contribution in [0.15, 0.2) is 91.0 Å².